The Labute approximate surface area is 141 Å². The molecule has 1 saturated heterocycles. The Hall–Kier alpha value is -2.62. The van der Waals surface area contributed by atoms with Crippen LogP contribution in [0.3, 0.4) is 0 Å². The fraction of sp³-hybridized carbons (Fsp3) is 0.300. The number of likely N-dealkylation sites (tertiary alicyclic amines) is 1. The summed E-state index contributed by atoms with van der Waals surface area (Å²) in [5.41, 5.74) is 3.44. The third kappa shape index (κ3) is 2.58. The zero-order valence-corrected chi connectivity index (χ0v) is 13.9. The van der Waals surface area contributed by atoms with Gasteiger partial charge in [-0.05, 0) is 55.0 Å². The maximum atomic E-state index is 13.0. The molecule has 0 bridgehead atoms. The third-order valence-electron chi connectivity index (χ3n) is 4.98. The standard InChI is InChI=1S/C20H21N3O/c1-15-13-17-5-2-3-6-19(17)23(15)14-20(24)22-12-4-7-18(22)16-8-10-21-11-9-16/h2-3,5-6,8-11,13,18H,4,7,12,14H2,1H3/t18-/m1/s1. The SMILES string of the molecule is Cc1cc2ccccc2n1CC(=O)N1CCC[C@@H]1c1ccncc1. The van der Waals surface area contributed by atoms with E-state index in [1.165, 1.54) is 10.9 Å². The Kier molecular flexibility index (Phi) is 3.81. The Morgan fingerprint density at radius 3 is 2.83 bits per heavy atom. The lowest BCUT2D eigenvalue weighted by Crippen LogP contribution is -2.33. The summed E-state index contributed by atoms with van der Waals surface area (Å²) in [4.78, 5) is 19.1. The number of benzene rings is 1. The van der Waals surface area contributed by atoms with Gasteiger partial charge < -0.3 is 9.47 Å². The van der Waals surface area contributed by atoms with E-state index < -0.39 is 0 Å². The summed E-state index contributed by atoms with van der Waals surface area (Å²) < 4.78 is 2.12. The van der Waals surface area contributed by atoms with Gasteiger partial charge in [-0.15, -0.1) is 0 Å². The molecule has 1 aliphatic rings. The van der Waals surface area contributed by atoms with Crippen molar-refractivity contribution >= 4 is 16.8 Å². The Morgan fingerprint density at radius 1 is 1.21 bits per heavy atom. The Morgan fingerprint density at radius 2 is 2.00 bits per heavy atom. The van der Waals surface area contributed by atoms with Crippen molar-refractivity contribution in [2.45, 2.75) is 32.4 Å². The number of aryl methyl sites for hydroxylation is 1. The van der Waals surface area contributed by atoms with Crippen molar-refractivity contribution in [2.75, 3.05) is 6.54 Å². The first-order valence-corrected chi connectivity index (χ1v) is 8.48. The largest absolute Gasteiger partial charge is 0.335 e. The van der Waals surface area contributed by atoms with E-state index in [9.17, 15) is 4.79 Å². The molecule has 1 fully saturated rings. The van der Waals surface area contributed by atoms with E-state index in [1.54, 1.807) is 12.4 Å². The molecule has 4 rings (SSSR count). The van der Waals surface area contributed by atoms with Gasteiger partial charge in [0.1, 0.15) is 6.54 Å². The van der Waals surface area contributed by atoms with Gasteiger partial charge >= 0.3 is 0 Å². The predicted octanol–water partition coefficient (Wildman–Crippen LogP) is 3.71. The van der Waals surface area contributed by atoms with Crippen molar-refractivity contribution in [1.29, 1.82) is 0 Å². The highest BCUT2D eigenvalue weighted by Gasteiger charge is 2.30. The number of nitrogens with zero attached hydrogens (tertiary/aromatic N) is 3. The Balaban J connectivity index is 1.60. The first-order chi connectivity index (χ1) is 11.7. The number of pyridine rings is 1. The van der Waals surface area contributed by atoms with E-state index in [0.717, 1.165) is 30.6 Å². The molecule has 3 aromatic rings. The van der Waals surface area contributed by atoms with Crippen molar-refractivity contribution in [3.63, 3.8) is 0 Å². The van der Waals surface area contributed by atoms with Crippen molar-refractivity contribution in [3.8, 4) is 0 Å². The normalized spacial score (nSPS) is 17.5. The van der Waals surface area contributed by atoms with Crippen LogP contribution < -0.4 is 0 Å². The lowest BCUT2D eigenvalue weighted by Gasteiger charge is -2.25. The van der Waals surface area contributed by atoms with Crippen molar-refractivity contribution in [3.05, 3.63) is 66.1 Å². The first kappa shape index (κ1) is 14.9. The summed E-state index contributed by atoms with van der Waals surface area (Å²) in [6, 6.07) is 14.6. The number of carbonyl (C=O) groups is 1. The van der Waals surface area contributed by atoms with Crippen LogP contribution >= 0.6 is 0 Å². The van der Waals surface area contributed by atoms with Gasteiger partial charge in [0.25, 0.3) is 0 Å². The molecule has 1 aliphatic heterocycles. The smallest absolute Gasteiger partial charge is 0.243 e. The molecule has 4 nitrogen and oxygen atoms in total. The third-order valence-corrected chi connectivity index (χ3v) is 4.98. The summed E-state index contributed by atoms with van der Waals surface area (Å²) in [7, 11) is 0. The number of fused-ring (bicyclic) bond motifs is 1. The Bertz CT molecular complexity index is 869. The molecule has 0 radical (unpaired) electrons. The maximum absolute atomic E-state index is 13.0. The van der Waals surface area contributed by atoms with Crippen LogP contribution in [0.15, 0.2) is 54.9 Å². The second kappa shape index (κ2) is 6.11. The second-order valence-electron chi connectivity index (χ2n) is 6.46. The average Bonchev–Trinajstić information content (AvgIpc) is 3.21. The summed E-state index contributed by atoms with van der Waals surface area (Å²) >= 11 is 0. The van der Waals surface area contributed by atoms with Crippen LogP contribution in [0.1, 0.15) is 30.1 Å². The minimum Gasteiger partial charge on any atom is -0.335 e. The monoisotopic (exact) mass is 319 g/mol. The first-order valence-electron chi connectivity index (χ1n) is 8.48. The van der Waals surface area contributed by atoms with Crippen molar-refractivity contribution in [1.82, 2.24) is 14.5 Å². The number of amides is 1. The second-order valence-corrected chi connectivity index (χ2v) is 6.46. The average molecular weight is 319 g/mol. The summed E-state index contributed by atoms with van der Waals surface area (Å²) in [6.07, 6.45) is 5.70. The van der Waals surface area contributed by atoms with E-state index >= 15 is 0 Å². The highest BCUT2D eigenvalue weighted by atomic mass is 16.2. The molecule has 0 N–H and O–H groups in total. The quantitative estimate of drug-likeness (QED) is 0.738. The van der Waals surface area contributed by atoms with Gasteiger partial charge in [-0.1, -0.05) is 18.2 Å². The van der Waals surface area contributed by atoms with E-state index in [4.69, 9.17) is 0 Å². The summed E-state index contributed by atoms with van der Waals surface area (Å²) in [6.45, 7) is 3.31. The van der Waals surface area contributed by atoms with Gasteiger partial charge in [-0.3, -0.25) is 9.78 Å². The number of hydrogen-bond acceptors (Lipinski definition) is 2. The lowest BCUT2D eigenvalue weighted by atomic mass is 10.1. The minimum atomic E-state index is 0.183. The van der Waals surface area contributed by atoms with Crippen LogP contribution in [0.5, 0.6) is 0 Å². The molecule has 0 unspecified atom stereocenters. The summed E-state index contributed by atoms with van der Waals surface area (Å²) in [5, 5.41) is 1.19. The van der Waals surface area contributed by atoms with E-state index in [2.05, 4.69) is 34.7 Å². The van der Waals surface area contributed by atoms with Gasteiger partial charge in [0, 0.05) is 30.1 Å². The molecule has 0 aliphatic carbocycles. The van der Waals surface area contributed by atoms with E-state index in [-0.39, 0.29) is 11.9 Å². The molecule has 1 atom stereocenters. The van der Waals surface area contributed by atoms with Gasteiger partial charge in [-0.25, -0.2) is 0 Å². The molecule has 1 amide bonds. The predicted molar refractivity (Wildman–Crippen MR) is 94.6 cm³/mol. The van der Waals surface area contributed by atoms with Crippen LogP contribution in [0.2, 0.25) is 0 Å². The zero-order chi connectivity index (χ0) is 16.5. The van der Waals surface area contributed by atoms with E-state index in [1.807, 2.05) is 29.2 Å². The number of hydrogen-bond donors (Lipinski definition) is 0. The lowest BCUT2D eigenvalue weighted by molar-refractivity contribution is -0.132. The molecule has 0 spiro atoms. The van der Waals surface area contributed by atoms with Gasteiger partial charge in [0.15, 0.2) is 0 Å². The fourth-order valence-electron chi connectivity index (χ4n) is 3.78. The molecule has 24 heavy (non-hydrogen) atoms. The number of para-hydroxylation sites is 1. The molecule has 1 aromatic carbocycles. The highest BCUT2D eigenvalue weighted by molar-refractivity contribution is 5.84. The van der Waals surface area contributed by atoms with Gasteiger partial charge in [0.05, 0.1) is 6.04 Å². The number of carbonyl (C=O) groups excluding carboxylic acids is 1. The van der Waals surface area contributed by atoms with Crippen LogP contribution in [0, 0.1) is 6.92 Å². The highest BCUT2D eigenvalue weighted by Crippen LogP contribution is 2.32. The van der Waals surface area contributed by atoms with Crippen molar-refractivity contribution < 1.29 is 4.79 Å². The fourth-order valence-corrected chi connectivity index (χ4v) is 3.78. The van der Waals surface area contributed by atoms with Crippen LogP contribution in [-0.4, -0.2) is 26.9 Å². The molecular weight excluding hydrogens is 298 g/mol. The van der Waals surface area contributed by atoms with Crippen molar-refractivity contribution in [2.24, 2.45) is 0 Å². The number of rotatable bonds is 3. The molecule has 122 valence electrons. The molecule has 2 aromatic heterocycles. The minimum absolute atomic E-state index is 0.183. The molecular formula is C20H21N3O. The van der Waals surface area contributed by atoms with Crippen LogP contribution in [-0.2, 0) is 11.3 Å². The topological polar surface area (TPSA) is 38.1 Å². The van der Waals surface area contributed by atoms with Gasteiger partial charge in [0.2, 0.25) is 5.91 Å². The molecule has 4 heteroatoms. The van der Waals surface area contributed by atoms with E-state index in [0.29, 0.717) is 6.54 Å². The summed E-state index contributed by atoms with van der Waals surface area (Å²) in [5.74, 6) is 0.193. The molecule has 0 saturated carbocycles. The zero-order valence-electron chi connectivity index (χ0n) is 13.9. The molecule has 3 heterocycles. The number of aromatic nitrogens is 2. The van der Waals surface area contributed by atoms with Crippen LogP contribution in [0.4, 0.5) is 0 Å². The van der Waals surface area contributed by atoms with Crippen LogP contribution in [0.25, 0.3) is 10.9 Å². The van der Waals surface area contributed by atoms with Gasteiger partial charge in [-0.2, -0.15) is 0 Å². The maximum Gasteiger partial charge on any atom is 0.243 e.